The molecule has 0 aliphatic heterocycles. The Kier molecular flexibility index (Phi) is 2.74. The highest BCUT2D eigenvalue weighted by Crippen LogP contribution is 2.44. The van der Waals surface area contributed by atoms with Crippen LogP contribution in [0.15, 0.2) is 22.0 Å². The first-order valence-electron chi connectivity index (χ1n) is 4.37. The average molecular weight is 273 g/mol. The van der Waals surface area contributed by atoms with Crippen LogP contribution in [0.3, 0.4) is 0 Å². The maximum atomic E-state index is 10.6. The topological polar surface area (TPSA) is 37.3 Å². The molecule has 1 heterocycles. The van der Waals surface area contributed by atoms with Gasteiger partial charge in [0.15, 0.2) is 0 Å². The SMILES string of the molecule is O=C(O)/C=C(/c1ccc(Br)s1)C1CC1. The van der Waals surface area contributed by atoms with Crippen molar-refractivity contribution < 1.29 is 9.90 Å². The second-order valence-corrected chi connectivity index (χ2v) is 5.78. The van der Waals surface area contributed by atoms with Gasteiger partial charge in [0.25, 0.3) is 0 Å². The summed E-state index contributed by atoms with van der Waals surface area (Å²) in [5.41, 5.74) is 0.980. The number of hydrogen-bond donors (Lipinski definition) is 1. The van der Waals surface area contributed by atoms with Gasteiger partial charge in [-0.05, 0) is 52.4 Å². The third-order valence-electron chi connectivity index (χ3n) is 2.15. The summed E-state index contributed by atoms with van der Waals surface area (Å²) in [5.74, 6) is -0.381. The Hall–Kier alpha value is -0.610. The van der Waals surface area contributed by atoms with Gasteiger partial charge >= 0.3 is 5.97 Å². The van der Waals surface area contributed by atoms with E-state index in [4.69, 9.17) is 5.11 Å². The van der Waals surface area contributed by atoms with E-state index in [9.17, 15) is 4.79 Å². The van der Waals surface area contributed by atoms with Crippen LogP contribution in [0.4, 0.5) is 0 Å². The monoisotopic (exact) mass is 272 g/mol. The molecule has 1 N–H and O–H groups in total. The zero-order chi connectivity index (χ0) is 10.1. The summed E-state index contributed by atoms with van der Waals surface area (Å²) in [4.78, 5) is 11.7. The van der Waals surface area contributed by atoms with Gasteiger partial charge in [-0.15, -0.1) is 11.3 Å². The van der Waals surface area contributed by atoms with Crippen LogP contribution >= 0.6 is 27.3 Å². The number of halogens is 1. The van der Waals surface area contributed by atoms with E-state index in [0.717, 1.165) is 27.1 Å². The summed E-state index contributed by atoms with van der Waals surface area (Å²) >= 11 is 4.97. The lowest BCUT2D eigenvalue weighted by atomic mass is 10.1. The van der Waals surface area contributed by atoms with Gasteiger partial charge in [0.1, 0.15) is 0 Å². The van der Waals surface area contributed by atoms with E-state index in [1.54, 1.807) is 11.3 Å². The minimum Gasteiger partial charge on any atom is -0.478 e. The van der Waals surface area contributed by atoms with E-state index in [2.05, 4.69) is 15.9 Å². The second-order valence-electron chi connectivity index (χ2n) is 3.32. The molecule has 1 aromatic heterocycles. The lowest BCUT2D eigenvalue weighted by Crippen LogP contribution is -1.92. The van der Waals surface area contributed by atoms with E-state index in [0.29, 0.717) is 5.92 Å². The molecule has 0 atom stereocenters. The predicted octanol–water partition coefficient (Wildman–Crippen LogP) is 3.39. The van der Waals surface area contributed by atoms with Crippen molar-refractivity contribution in [2.45, 2.75) is 12.8 Å². The van der Waals surface area contributed by atoms with Gasteiger partial charge in [0.05, 0.1) is 3.79 Å². The van der Waals surface area contributed by atoms with Crippen molar-refractivity contribution >= 4 is 38.8 Å². The highest BCUT2D eigenvalue weighted by molar-refractivity contribution is 9.11. The molecule has 1 saturated carbocycles. The largest absolute Gasteiger partial charge is 0.478 e. The standard InChI is InChI=1S/C10H9BrO2S/c11-9-4-3-8(14-9)7(5-10(12)13)6-1-2-6/h3-6H,1-2H2,(H,12,13)/b7-5+. The Balaban J connectivity index is 2.31. The number of hydrogen-bond acceptors (Lipinski definition) is 2. The van der Waals surface area contributed by atoms with Crippen LogP contribution in [0.2, 0.25) is 0 Å². The lowest BCUT2D eigenvalue weighted by molar-refractivity contribution is -0.131. The molecule has 0 saturated heterocycles. The minimum absolute atomic E-state index is 0.469. The average Bonchev–Trinajstić information content (AvgIpc) is 2.85. The third-order valence-corrected chi connectivity index (χ3v) is 3.83. The molecule has 1 aliphatic rings. The van der Waals surface area contributed by atoms with Crippen molar-refractivity contribution in [3.05, 3.63) is 26.9 Å². The zero-order valence-electron chi connectivity index (χ0n) is 7.37. The molecule has 0 unspecified atom stereocenters. The Morgan fingerprint density at radius 3 is 2.71 bits per heavy atom. The highest BCUT2D eigenvalue weighted by Gasteiger charge is 2.28. The fourth-order valence-electron chi connectivity index (χ4n) is 1.39. The summed E-state index contributed by atoms with van der Waals surface area (Å²) < 4.78 is 1.05. The first kappa shape index (κ1) is 9.93. The van der Waals surface area contributed by atoms with Gasteiger partial charge in [-0.25, -0.2) is 4.79 Å². The summed E-state index contributed by atoms with van der Waals surface area (Å²) in [7, 11) is 0. The molecule has 0 spiro atoms. The minimum atomic E-state index is -0.851. The zero-order valence-corrected chi connectivity index (χ0v) is 9.77. The molecule has 1 aliphatic carbocycles. The van der Waals surface area contributed by atoms with E-state index < -0.39 is 5.97 Å². The number of carboxylic acid groups (broad SMARTS) is 1. The molecule has 1 fully saturated rings. The van der Waals surface area contributed by atoms with E-state index >= 15 is 0 Å². The van der Waals surface area contributed by atoms with Crippen LogP contribution in [0.25, 0.3) is 5.57 Å². The summed E-state index contributed by atoms with van der Waals surface area (Å²) in [6, 6.07) is 3.93. The molecule has 4 heteroatoms. The quantitative estimate of drug-likeness (QED) is 0.857. The first-order chi connectivity index (χ1) is 6.66. The number of carboxylic acids is 1. The maximum Gasteiger partial charge on any atom is 0.328 e. The lowest BCUT2D eigenvalue weighted by Gasteiger charge is -1.99. The molecule has 0 bridgehead atoms. The third kappa shape index (κ3) is 2.25. The van der Waals surface area contributed by atoms with Gasteiger partial charge in [0.2, 0.25) is 0 Å². The van der Waals surface area contributed by atoms with Gasteiger partial charge in [-0.1, -0.05) is 0 Å². The van der Waals surface area contributed by atoms with Crippen LogP contribution in [-0.2, 0) is 4.79 Å². The second kappa shape index (κ2) is 3.87. The number of thiophene rings is 1. The molecule has 0 aromatic carbocycles. The fourth-order valence-corrected chi connectivity index (χ4v) is 2.87. The predicted molar refractivity (Wildman–Crippen MR) is 60.4 cm³/mol. The van der Waals surface area contributed by atoms with E-state index in [-0.39, 0.29) is 0 Å². The van der Waals surface area contributed by atoms with Gasteiger partial charge in [-0.3, -0.25) is 0 Å². The molecular formula is C10H9BrO2S. The van der Waals surface area contributed by atoms with Crippen molar-refractivity contribution in [3.63, 3.8) is 0 Å². The number of allylic oxidation sites excluding steroid dienone is 1. The van der Waals surface area contributed by atoms with Crippen LogP contribution in [0.1, 0.15) is 17.7 Å². The van der Waals surface area contributed by atoms with E-state index in [1.165, 1.54) is 6.08 Å². The van der Waals surface area contributed by atoms with Crippen molar-refractivity contribution in [1.29, 1.82) is 0 Å². The van der Waals surface area contributed by atoms with Crippen LogP contribution in [-0.4, -0.2) is 11.1 Å². The van der Waals surface area contributed by atoms with Gasteiger partial charge in [0, 0.05) is 11.0 Å². The van der Waals surface area contributed by atoms with E-state index in [1.807, 2.05) is 12.1 Å². The molecule has 74 valence electrons. The molecule has 0 amide bonds. The number of rotatable bonds is 3. The normalized spacial score (nSPS) is 17.1. The van der Waals surface area contributed by atoms with Gasteiger partial charge in [-0.2, -0.15) is 0 Å². The Morgan fingerprint density at radius 1 is 1.57 bits per heavy atom. The van der Waals surface area contributed by atoms with Crippen molar-refractivity contribution in [1.82, 2.24) is 0 Å². The molecule has 2 rings (SSSR count). The Morgan fingerprint density at radius 2 is 2.29 bits per heavy atom. The molecular weight excluding hydrogens is 264 g/mol. The smallest absolute Gasteiger partial charge is 0.328 e. The molecule has 1 aromatic rings. The number of carbonyl (C=O) groups is 1. The number of aliphatic carboxylic acids is 1. The Labute approximate surface area is 94.4 Å². The molecule has 0 radical (unpaired) electrons. The maximum absolute atomic E-state index is 10.6. The van der Waals surface area contributed by atoms with Gasteiger partial charge < -0.3 is 5.11 Å². The van der Waals surface area contributed by atoms with Crippen LogP contribution in [0, 0.1) is 5.92 Å². The van der Waals surface area contributed by atoms with Crippen molar-refractivity contribution in [3.8, 4) is 0 Å². The fraction of sp³-hybridized carbons (Fsp3) is 0.300. The molecule has 14 heavy (non-hydrogen) atoms. The van der Waals surface area contributed by atoms with Crippen LogP contribution in [0.5, 0.6) is 0 Å². The summed E-state index contributed by atoms with van der Waals surface area (Å²) in [5, 5.41) is 8.75. The highest BCUT2D eigenvalue weighted by atomic mass is 79.9. The van der Waals surface area contributed by atoms with Crippen molar-refractivity contribution in [2.75, 3.05) is 0 Å². The Bertz CT molecular complexity index is 391. The van der Waals surface area contributed by atoms with Crippen molar-refractivity contribution in [2.24, 2.45) is 5.92 Å². The first-order valence-corrected chi connectivity index (χ1v) is 5.98. The summed E-state index contributed by atoms with van der Waals surface area (Å²) in [6.45, 7) is 0. The summed E-state index contributed by atoms with van der Waals surface area (Å²) in [6.07, 6.45) is 3.58. The molecule has 2 nitrogen and oxygen atoms in total. The van der Waals surface area contributed by atoms with Crippen LogP contribution < -0.4 is 0 Å².